The molecule has 1 atom stereocenters. The molecule has 1 aromatic rings. The first-order valence-electron chi connectivity index (χ1n) is 6.36. The van der Waals surface area contributed by atoms with Gasteiger partial charge < -0.3 is 5.32 Å². The number of hydrogen-bond donors (Lipinski definition) is 1. The van der Waals surface area contributed by atoms with Crippen LogP contribution in [0.1, 0.15) is 44.1 Å². The molecule has 0 spiro atoms. The molecule has 0 aliphatic rings. The minimum atomic E-state index is 0.569. The molecule has 3 nitrogen and oxygen atoms in total. The maximum absolute atomic E-state index is 4.60. The zero-order valence-electron chi connectivity index (χ0n) is 11.3. The molecule has 0 saturated heterocycles. The van der Waals surface area contributed by atoms with Gasteiger partial charge in [0.05, 0.1) is 5.69 Å². The first-order chi connectivity index (χ1) is 7.60. The predicted molar refractivity (Wildman–Crippen MR) is 68.8 cm³/mol. The van der Waals surface area contributed by atoms with E-state index in [2.05, 4.69) is 49.7 Å². The maximum Gasteiger partial charge on any atom is 0.0628 e. The van der Waals surface area contributed by atoms with Crippen molar-refractivity contribution in [3.05, 3.63) is 17.0 Å². The standard InChI is InChI=1S/C13H25N3/c1-6-13-11(4)15-16(12(13)5)9-8-10(3)14-7-2/h10,14H,6-9H2,1-5H3. The van der Waals surface area contributed by atoms with E-state index in [9.17, 15) is 0 Å². The highest BCUT2D eigenvalue weighted by atomic mass is 15.3. The molecule has 0 radical (unpaired) electrons. The van der Waals surface area contributed by atoms with Gasteiger partial charge in [-0.25, -0.2) is 0 Å². The lowest BCUT2D eigenvalue weighted by atomic mass is 10.1. The fraction of sp³-hybridized carbons (Fsp3) is 0.769. The molecule has 92 valence electrons. The maximum atomic E-state index is 4.60. The molecular formula is C13H25N3. The Kier molecular flexibility index (Phi) is 5.00. The summed E-state index contributed by atoms with van der Waals surface area (Å²) >= 11 is 0. The number of nitrogens with zero attached hydrogens (tertiary/aromatic N) is 2. The summed E-state index contributed by atoms with van der Waals surface area (Å²) < 4.78 is 2.15. The quantitative estimate of drug-likeness (QED) is 0.803. The Bertz CT molecular complexity index is 328. The summed E-state index contributed by atoms with van der Waals surface area (Å²) in [7, 11) is 0. The van der Waals surface area contributed by atoms with Crippen molar-refractivity contribution in [1.29, 1.82) is 0 Å². The monoisotopic (exact) mass is 223 g/mol. The summed E-state index contributed by atoms with van der Waals surface area (Å²) in [5, 5.41) is 8.03. The van der Waals surface area contributed by atoms with Crippen molar-refractivity contribution in [2.75, 3.05) is 6.54 Å². The SMILES string of the molecule is CCNC(C)CCn1nc(C)c(CC)c1C. The number of rotatable bonds is 6. The number of nitrogens with one attached hydrogen (secondary N) is 1. The lowest BCUT2D eigenvalue weighted by Gasteiger charge is -2.12. The molecule has 16 heavy (non-hydrogen) atoms. The second-order valence-electron chi connectivity index (χ2n) is 4.47. The van der Waals surface area contributed by atoms with E-state index in [1.165, 1.54) is 17.0 Å². The molecule has 1 rings (SSSR count). The van der Waals surface area contributed by atoms with Gasteiger partial charge in [0.15, 0.2) is 0 Å². The lowest BCUT2D eigenvalue weighted by Crippen LogP contribution is -2.27. The zero-order valence-corrected chi connectivity index (χ0v) is 11.3. The lowest BCUT2D eigenvalue weighted by molar-refractivity contribution is 0.461. The van der Waals surface area contributed by atoms with Crippen LogP contribution in [0, 0.1) is 13.8 Å². The molecule has 0 saturated carbocycles. The van der Waals surface area contributed by atoms with Gasteiger partial charge in [-0.2, -0.15) is 5.10 Å². The molecule has 0 aliphatic carbocycles. The van der Waals surface area contributed by atoms with Crippen LogP contribution in [0.15, 0.2) is 0 Å². The van der Waals surface area contributed by atoms with Crippen molar-refractivity contribution in [3.63, 3.8) is 0 Å². The average molecular weight is 223 g/mol. The molecule has 0 bridgehead atoms. The van der Waals surface area contributed by atoms with Crippen LogP contribution in [0.25, 0.3) is 0 Å². The van der Waals surface area contributed by atoms with E-state index in [1.807, 2.05) is 0 Å². The van der Waals surface area contributed by atoms with Gasteiger partial charge >= 0.3 is 0 Å². The summed E-state index contributed by atoms with van der Waals surface area (Å²) in [5.41, 5.74) is 3.94. The Balaban J connectivity index is 2.61. The molecule has 1 N–H and O–H groups in total. The number of hydrogen-bond acceptors (Lipinski definition) is 2. The van der Waals surface area contributed by atoms with Crippen LogP contribution in [0.5, 0.6) is 0 Å². The molecule has 1 heterocycles. The largest absolute Gasteiger partial charge is 0.314 e. The van der Waals surface area contributed by atoms with Crippen LogP contribution in [0.4, 0.5) is 0 Å². The highest BCUT2D eigenvalue weighted by molar-refractivity contribution is 5.24. The minimum absolute atomic E-state index is 0.569. The normalized spacial score (nSPS) is 13.1. The fourth-order valence-electron chi connectivity index (χ4n) is 2.23. The first kappa shape index (κ1) is 13.2. The van der Waals surface area contributed by atoms with Crippen molar-refractivity contribution in [3.8, 4) is 0 Å². The highest BCUT2D eigenvalue weighted by Gasteiger charge is 2.10. The van der Waals surface area contributed by atoms with E-state index >= 15 is 0 Å². The molecule has 0 aromatic carbocycles. The van der Waals surface area contributed by atoms with Gasteiger partial charge in [0.25, 0.3) is 0 Å². The molecular weight excluding hydrogens is 198 g/mol. The van der Waals surface area contributed by atoms with Crippen LogP contribution in [0.3, 0.4) is 0 Å². The zero-order chi connectivity index (χ0) is 12.1. The van der Waals surface area contributed by atoms with Crippen molar-refractivity contribution >= 4 is 0 Å². The number of aromatic nitrogens is 2. The molecule has 3 heteroatoms. The van der Waals surface area contributed by atoms with Gasteiger partial charge in [-0.1, -0.05) is 13.8 Å². The van der Waals surface area contributed by atoms with Gasteiger partial charge in [0.2, 0.25) is 0 Å². The summed E-state index contributed by atoms with van der Waals surface area (Å²) in [6.07, 6.45) is 2.22. The third-order valence-corrected chi connectivity index (χ3v) is 3.21. The van der Waals surface area contributed by atoms with Crippen LogP contribution in [-0.2, 0) is 13.0 Å². The molecule has 0 fully saturated rings. The van der Waals surface area contributed by atoms with Crippen LogP contribution in [-0.4, -0.2) is 22.4 Å². The van der Waals surface area contributed by atoms with Crippen molar-refractivity contribution in [1.82, 2.24) is 15.1 Å². The second-order valence-corrected chi connectivity index (χ2v) is 4.47. The van der Waals surface area contributed by atoms with Crippen molar-refractivity contribution < 1.29 is 0 Å². The summed E-state index contributed by atoms with van der Waals surface area (Å²) in [4.78, 5) is 0. The van der Waals surface area contributed by atoms with Crippen LogP contribution < -0.4 is 5.32 Å². The minimum Gasteiger partial charge on any atom is -0.314 e. The fourth-order valence-corrected chi connectivity index (χ4v) is 2.23. The van der Waals surface area contributed by atoms with Gasteiger partial charge in [0.1, 0.15) is 0 Å². The summed E-state index contributed by atoms with van der Waals surface area (Å²) in [6.45, 7) is 12.9. The molecule has 0 amide bonds. The van der Waals surface area contributed by atoms with E-state index in [1.54, 1.807) is 0 Å². The van der Waals surface area contributed by atoms with Crippen LogP contribution in [0.2, 0.25) is 0 Å². The number of aryl methyl sites for hydroxylation is 2. The van der Waals surface area contributed by atoms with Gasteiger partial charge in [-0.3, -0.25) is 4.68 Å². The Hall–Kier alpha value is -0.830. The third kappa shape index (κ3) is 3.08. The predicted octanol–water partition coefficient (Wildman–Crippen LogP) is 2.45. The highest BCUT2D eigenvalue weighted by Crippen LogP contribution is 2.14. The average Bonchev–Trinajstić information content (AvgIpc) is 2.51. The smallest absolute Gasteiger partial charge is 0.0628 e. The van der Waals surface area contributed by atoms with E-state index in [0.717, 1.165) is 25.9 Å². The Morgan fingerprint density at radius 2 is 2.00 bits per heavy atom. The van der Waals surface area contributed by atoms with Crippen molar-refractivity contribution in [2.45, 2.75) is 60.0 Å². The second kappa shape index (κ2) is 6.04. The van der Waals surface area contributed by atoms with Gasteiger partial charge in [-0.05, 0) is 45.7 Å². The topological polar surface area (TPSA) is 29.9 Å². The van der Waals surface area contributed by atoms with E-state index in [4.69, 9.17) is 0 Å². The van der Waals surface area contributed by atoms with Crippen LogP contribution >= 0.6 is 0 Å². The Morgan fingerprint density at radius 3 is 2.50 bits per heavy atom. The van der Waals surface area contributed by atoms with Gasteiger partial charge in [-0.15, -0.1) is 0 Å². The molecule has 1 unspecified atom stereocenters. The molecule has 0 aliphatic heterocycles. The Labute approximate surface area is 99.2 Å². The van der Waals surface area contributed by atoms with Crippen molar-refractivity contribution in [2.24, 2.45) is 0 Å². The summed E-state index contributed by atoms with van der Waals surface area (Å²) in [5.74, 6) is 0. The third-order valence-electron chi connectivity index (χ3n) is 3.21. The first-order valence-corrected chi connectivity index (χ1v) is 6.36. The van der Waals surface area contributed by atoms with Gasteiger partial charge in [0, 0.05) is 18.3 Å². The summed E-state index contributed by atoms with van der Waals surface area (Å²) in [6, 6.07) is 0.569. The Morgan fingerprint density at radius 1 is 1.31 bits per heavy atom. The van der Waals surface area contributed by atoms with E-state index in [0.29, 0.717) is 6.04 Å². The van der Waals surface area contributed by atoms with E-state index in [-0.39, 0.29) is 0 Å². The molecule has 1 aromatic heterocycles. The van der Waals surface area contributed by atoms with E-state index < -0.39 is 0 Å².